The number of benzene rings is 3. The number of hydrogen-bond acceptors (Lipinski definition) is 4. The van der Waals surface area contributed by atoms with Crippen LogP contribution in [0.15, 0.2) is 78.9 Å². The second-order valence-electron chi connectivity index (χ2n) is 7.50. The summed E-state index contributed by atoms with van der Waals surface area (Å²) in [5, 5.41) is 3.20. The van der Waals surface area contributed by atoms with Crippen molar-refractivity contribution in [1.82, 2.24) is 5.32 Å². The Morgan fingerprint density at radius 1 is 0.900 bits per heavy atom. The molecule has 1 aliphatic heterocycles. The number of rotatable bonds is 6. The smallest absolute Gasteiger partial charge is 0.252 e. The molecular weight excluding hydrogens is 376 g/mol. The highest BCUT2D eigenvalue weighted by atomic mass is 16.7. The van der Waals surface area contributed by atoms with Gasteiger partial charge >= 0.3 is 0 Å². The van der Waals surface area contributed by atoms with Gasteiger partial charge in [0.2, 0.25) is 0 Å². The molecule has 1 saturated heterocycles. The van der Waals surface area contributed by atoms with Crippen LogP contribution in [0.25, 0.3) is 0 Å². The molecule has 0 spiro atoms. The van der Waals surface area contributed by atoms with E-state index in [1.165, 1.54) is 0 Å². The maximum atomic E-state index is 12.9. The van der Waals surface area contributed by atoms with Crippen molar-refractivity contribution in [3.8, 4) is 0 Å². The molecule has 1 fully saturated rings. The number of carbonyl (C=O) groups excluding carboxylic acids is 1. The van der Waals surface area contributed by atoms with Crippen LogP contribution in [0.1, 0.15) is 39.4 Å². The molecule has 3 aromatic carbocycles. The Balaban J connectivity index is 1.68. The minimum atomic E-state index is -0.355. The summed E-state index contributed by atoms with van der Waals surface area (Å²) in [6.45, 7) is 1.18. The third-order valence-electron chi connectivity index (χ3n) is 5.19. The Kier molecular flexibility index (Phi) is 6.12. The zero-order chi connectivity index (χ0) is 20.9. The SMILES string of the molecule is CN(C)c1ccc(C(NC(=O)c2ccccc2)c2cccc(C3OCCO3)c2)cc1. The number of anilines is 1. The minimum Gasteiger partial charge on any atom is -0.378 e. The molecule has 4 rings (SSSR count). The molecule has 0 aromatic heterocycles. The number of nitrogens with zero attached hydrogens (tertiary/aromatic N) is 1. The predicted octanol–water partition coefficient (Wildman–Crippen LogP) is 4.32. The van der Waals surface area contributed by atoms with E-state index in [-0.39, 0.29) is 18.2 Å². The Hall–Kier alpha value is -3.15. The number of amides is 1. The monoisotopic (exact) mass is 402 g/mol. The first kappa shape index (κ1) is 20.1. The lowest BCUT2D eigenvalue weighted by Gasteiger charge is -2.22. The summed E-state index contributed by atoms with van der Waals surface area (Å²) in [4.78, 5) is 15.0. The van der Waals surface area contributed by atoms with E-state index in [2.05, 4.69) is 34.5 Å². The summed E-state index contributed by atoms with van der Waals surface area (Å²) in [6, 6.07) is 25.2. The van der Waals surface area contributed by atoms with Crippen LogP contribution >= 0.6 is 0 Å². The summed E-state index contributed by atoms with van der Waals surface area (Å²) < 4.78 is 11.3. The molecule has 0 radical (unpaired) electrons. The van der Waals surface area contributed by atoms with Crippen molar-refractivity contribution >= 4 is 11.6 Å². The summed E-state index contributed by atoms with van der Waals surface area (Å²) in [5.41, 5.74) is 4.68. The molecule has 1 N–H and O–H groups in total. The molecule has 0 bridgehead atoms. The van der Waals surface area contributed by atoms with E-state index in [1.807, 2.05) is 68.7 Å². The van der Waals surface area contributed by atoms with Gasteiger partial charge in [0.1, 0.15) is 0 Å². The summed E-state index contributed by atoms with van der Waals surface area (Å²) in [6.07, 6.45) is -0.355. The van der Waals surface area contributed by atoms with Crippen LogP contribution in [0.3, 0.4) is 0 Å². The Bertz CT molecular complexity index is 981. The van der Waals surface area contributed by atoms with Crippen LogP contribution < -0.4 is 10.2 Å². The van der Waals surface area contributed by atoms with Gasteiger partial charge in [0.05, 0.1) is 19.3 Å². The minimum absolute atomic E-state index is 0.115. The highest BCUT2D eigenvalue weighted by Crippen LogP contribution is 2.29. The molecule has 1 heterocycles. The lowest BCUT2D eigenvalue weighted by molar-refractivity contribution is -0.0441. The van der Waals surface area contributed by atoms with Crippen LogP contribution in [0.2, 0.25) is 0 Å². The Labute approximate surface area is 177 Å². The second kappa shape index (κ2) is 9.11. The van der Waals surface area contributed by atoms with Gasteiger partial charge in [-0.2, -0.15) is 0 Å². The van der Waals surface area contributed by atoms with Gasteiger partial charge in [-0.25, -0.2) is 0 Å². The van der Waals surface area contributed by atoms with E-state index in [9.17, 15) is 4.79 Å². The molecule has 1 amide bonds. The fourth-order valence-corrected chi connectivity index (χ4v) is 3.56. The number of carbonyl (C=O) groups is 1. The van der Waals surface area contributed by atoms with Crippen LogP contribution in [-0.2, 0) is 9.47 Å². The van der Waals surface area contributed by atoms with Crippen LogP contribution in [-0.4, -0.2) is 33.2 Å². The number of hydrogen-bond donors (Lipinski definition) is 1. The number of nitrogens with one attached hydrogen (secondary N) is 1. The molecule has 0 saturated carbocycles. The van der Waals surface area contributed by atoms with Crippen molar-refractivity contribution < 1.29 is 14.3 Å². The third kappa shape index (κ3) is 4.53. The zero-order valence-electron chi connectivity index (χ0n) is 17.2. The fourth-order valence-electron chi connectivity index (χ4n) is 3.56. The summed E-state index contributed by atoms with van der Waals surface area (Å²) in [5.74, 6) is -0.115. The second-order valence-corrected chi connectivity index (χ2v) is 7.50. The molecule has 3 aromatic rings. The summed E-state index contributed by atoms with van der Waals surface area (Å²) in [7, 11) is 4.02. The van der Waals surface area contributed by atoms with E-state index in [1.54, 1.807) is 0 Å². The molecule has 154 valence electrons. The Morgan fingerprint density at radius 3 is 2.27 bits per heavy atom. The van der Waals surface area contributed by atoms with Gasteiger partial charge in [-0.1, -0.05) is 48.5 Å². The van der Waals surface area contributed by atoms with Crippen molar-refractivity contribution in [2.75, 3.05) is 32.2 Å². The maximum Gasteiger partial charge on any atom is 0.252 e. The molecule has 1 atom stereocenters. The first-order valence-corrected chi connectivity index (χ1v) is 10.1. The fraction of sp³-hybridized carbons (Fsp3) is 0.240. The first-order chi connectivity index (χ1) is 14.6. The quantitative estimate of drug-likeness (QED) is 0.667. The van der Waals surface area contributed by atoms with E-state index in [4.69, 9.17) is 9.47 Å². The van der Waals surface area contributed by atoms with E-state index >= 15 is 0 Å². The first-order valence-electron chi connectivity index (χ1n) is 10.1. The van der Waals surface area contributed by atoms with Crippen molar-refractivity contribution in [3.63, 3.8) is 0 Å². The van der Waals surface area contributed by atoms with Gasteiger partial charge in [0, 0.05) is 30.9 Å². The molecule has 5 heteroatoms. The van der Waals surface area contributed by atoms with Crippen LogP contribution in [0, 0.1) is 0 Å². The molecule has 5 nitrogen and oxygen atoms in total. The largest absolute Gasteiger partial charge is 0.378 e. The highest BCUT2D eigenvalue weighted by Gasteiger charge is 2.22. The van der Waals surface area contributed by atoms with Gasteiger partial charge in [-0.15, -0.1) is 0 Å². The van der Waals surface area contributed by atoms with Gasteiger partial charge in [0.15, 0.2) is 6.29 Å². The highest BCUT2D eigenvalue weighted by molar-refractivity contribution is 5.94. The average Bonchev–Trinajstić information content (AvgIpc) is 3.33. The van der Waals surface area contributed by atoms with E-state index in [0.717, 1.165) is 22.4 Å². The van der Waals surface area contributed by atoms with Crippen LogP contribution in [0.4, 0.5) is 5.69 Å². The third-order valence-corrected chi connectivity index (χ3v) is 5.19. The molecule has 1 aliphatic rings. The lowest BCUT2D eigenvalue weighted by atomic mass is 9.96. The van der Waals surface area contributed by atoms with Gasteiger partial charge in [-0.3, -0.25) is 4.79 Å². The van der Waals surface area contributed by atoms with Crippen molar-refractivity contribution in [3.05, 3.63) is 101 Å². The topological polar surface area (TPSA) is 50.8 Å². The average molecular weight is 402 g/mol. The van der Waals surface area contributed by atoms with Crippen molar-refractivity contribution in [2.24, 2.45) is 0 Å². The lowest BCUT2D eigenvalue weighted by Crippen LogP contribution is -2.29. The van der Waals surface area contributed by atoms with Crippen LogP contribution in [0.5, 0.6) is 0 Å². The standard InChI is InChI=1S/C25H26N2O3/c1-27(2)22-13-11-18(12-14-22)23(26-24(28)19-7-4-3-5-8-19)20-9-6-10-21(17-20)25-29-15-16-30-25/h3-14,17,23,25H,15-16H2,1-2H3,(H,26,28). The predicted molar refractivity (Wildman–Crippen MR) is 118 cm³/mol. The van der Waals surface area contributed by atoms with Crippen molar-refractivity contribution in [2.45, 2.75) is 12.3 Å². The van der Waals surface area contributed by atoms with E-state index < -0.39 is 0 Å². The van der Waals surface area contributed by atoms with Gasteiger partial charge in [-0.05, 0) is 41.5 Å². The maximum absolute atomic E-state index is 12.9. The molecule has 30 heavy (non-hydrogen) atoms. The zero-order valence-corrected chi connectivity index (χ0v) is 17.2. The Morgan fingerprint density at radius 2 is 1.60 bits per heavy atom. The molecule has 0 aliphatic carbocycles. The van der Waals surface area contributed by atoms with E-state index in [0.29, 0.717) is 18.8 Å². The normalized spacial score (nSPS) is 15.0. The van der Waals surface area contributed by atoms with Crippen molar-refractivity contribution in [1.29, 1.82) is 0 Å². The molecule has 1 unspecified atom stereocenters. The molecular formula is C25H26N2O3. The summed E-state index contributed by atoms with van der Waals surface area (Å²) >= 11 is 0. The van der Waals surface area contributed by atoms with Gasteiger partial charge in [0.25, 0.3) is 5.91 Å². The number of ether oxygens (including phenoxy) is 2. The van der Waals surface area contributed by atoms with Gasteiger partial charge < -0.3 is 19.7 Å².